The van der Waals surface area contributed by atoms with Gasteiger partial charge < -0.3 is 28.7 Å². The van der Waals surface area contributed by atoms with Gasteiger partial charge in [0, 0.05) is 52.4 Å². The van der Waals surface area contributed by atoms with E-state index < -0.39 is 22.8 Å². The second kappa shape index (κ2) is 16.1. The number of amides is 2. The molecule has 0 radical (unpaired) electrons. The maximum absolute atomic E-state index is 13.5. The highest BCUT2D eigenvalue weighted by Crippen LogP contribution is 2.32. The zero-order valence-corrected chi connectivity index (χ0v) is 30.7. The molecule has 2 aromatic carbocycles. The molecular weight excluding hydrogens is 674 g/mol. The molecule has 4 aliphatic heterocycles. The number of fused-ring (bicyclic) bond motifs is 2. The summed E-state index contributed by atoms with van der Waals surface area (Å²) in [7, 11) is 0. The fraction of sp³-hybridized carbons (Fsp3) is 0.579. The molecule has 12 nitrogen and oxygen atoms in total. The van der Waals surface area contributed by atoms with Crippen LogP contribution < -0.4 is 0 Å². The van der Waals surface area contributed by atoms with E-state index in [2.05, 4.69) is 19.5 Å². The van der Waals surface area contributed by atoms with Crippen LogP contribution in [-0.4, -0.2) is 121 Å². The number of nitrogens with zero attached hydrogens (tertiary/aromatic N) is 6. The van der Waals surface area contributed by atoms with E-state index in [1.165, 1.54) is 12.1 Å². The maximum atomic E-state index is 13.5. The molecule has 4 saturated heterocycles. The molecule has 6 rings (SSSR count). The Morgan fingerprint density at radius 1 is 0.673 bits per heavy atom. The summed E-state index contributed by atoms with van der Waals surface area (Å²) in [6.07, 6.45) is -0.972. The molecule has 0 N–H and O–H groups in total. The molecule has 0 bridgehead atoms. The Kier molecular flexibility index (Phi) is 12.1. The van der Waals surface area contributed by atoms with Crippen molar-refractivity contribution in [2.24, 2.45) is 0 Å². The molecule has 0 saturated carbocycles. The standard InChI is InChI=1S/2C19H24FN3O3/c2*1-19(2,3)26-18(24)23-8-7-22-11-17(25-12-14(22)10-23)13-5-6-15(20)16(9-13)21-4/h2*5-6,9,14,17H,7-8,10-12H2,1-3H3/t14-,17+;14-,17-/m11/s1. The molecule has 0 unspecified atom stereocenters. The lowest BCUT2D eigenvalue weighted by molar-refractivity contribution is -0.0908. The van der Waals surface area contributed by atoms with Crippen molar-refractivity contribution in [2.75, 3.05) is 65.6 Å². The highest BCUT2D eigenvalue weighted by Gasteiger charge is 2.38. The monoisotopic (exact) mass is 722 g/mol. The number of carbonyl (C=O) groups is 2. The summed E-state index contributed by atoms with van der Waals surface area (Å²) in [5.74, 6) is -1.02. The summed E-state index contributed by atoms with van der Waals surface area (Å²) in [4.78, 5) is 39.0. The molecule has 280 valence electrons. The van der Waals surface area contributed by atoms with Crippen LogP contribution in [0.5, 0.6) is 0 Å². The lowest BCUT2D eigenvalue weighted by atomic mass is 10.0. The first-order valence-electron chi connectivity index (χ1n) is 17.5. The smallest absolute Gasteiger partial charge is 0.410 e. The summed E-state index contributed by atoms with van der Waals surface area (Å²) >= 11 is 0. The largest absolute Gasteiger partial charge is 0.444 e. The number of morpholine rings is 2. The van der Waals surface area contributed by atoms with E-state index in [0.29, 0.717) is 52.5 Å². The van der Waals surface area contributed by atoms with Crippen molar-refractivity contribution in [1.82, 2.24) is 19.6 Å². The zero-order valence-electron chi connectivity index (χ0n) is 30.7. The molecule has 4 heterocycles. The maximum Gasteiger partial charge on any atom is 0.410 e. The van der Waals surface area contributed by atoms with Gasteiger partial charge in [-0.15, -0.1) is 0 Å². The molecule has 0 spiro atoms. The summed E-state index contributed by atoms with van der Waals surface area (Å²) in [5, 5.41) is 0. The van der Waals surface area contributed by atoms with Gasteiger partial charge in [-0.2, -0.15) is 0 Å². The van der Waals surface area contributed by atoms with E-state index in [4.69, 9.17) is 32.1 Å². The van der Waals surface area contributed by atoms with Crippen molar-refractivity contribution < 1.29 is 37.3 Å². The van der Waals surface area contributed by atoms with E-state index in [9.17, 15) is 18.4 Å². The Hall–Kier alpha value is -4.34. The second-order valence-electron chi connectivity index (χ2n) is 15.4. The third kappa shape index (κ3) is 9.95. The quantitative estimate of drug-likeness (QED) is 0.315. The Balaban J connectivity index is 0.000000201. The first-order chi connectivity index (χ1) is 24.5. The summed E-state index contributed by atoms with van der Waals surface area (Å²) in [6.45, 7) is 31.4. The van der Waals surface area contributed by atoms with E-state index in [-0.39, 0.29) is 47.9 Å². The van der Waals surface area contributed by atoms with Gasteiger partial charge in [-0.05, 0) is 76.9 Å². The third-order valence-electron chi connectivity index (χ3n) is 9.22. The topological polar surface area (TPSA) is 92.7 Å². The molecule has 4 atom stereocenters. The SMILES string of the molecule is [C-]#[N+]c1cc([C@@H]2CN3CCN(C(=O)OC(C)(C)C)C[C@@H]3CO2)ccc1F.[C-]#[N+]c1cc([C@H]2CN3CCN(C(=O)OC(C)(C)C)C[C@@H]3CO2)ccc1F. The van der Waals surface area contributed by atoms with E-state index in [1.54, 1.807) is 34.1 Å². The van der Waals surface area contributed by atoms with Crippen LogP contribution in [-0.2, 0) is 18.9 Å². The van der Waals surface area contributed by atoms with Gasteiger partial charge in [0.2, 0.25) is 11.4 Å². The molecule has 4 aliphatic rings. The summed E-state index contributed by atoms with van der Waals surface area (Å²) < 4.78 is 49.9. The number of halogens is 2. The molecule has 14 heteroatoms. The Morgan fingerprint density at radius 2 is 1.06 bits per heavy atom. The Labute approximate surface area is 304 Å². The number of piperazine rings is 2. The number of hydrogen-bond acceptors (Lipinski definition) is 8. The normalized spacial score (nSPS) is 23.9. The van der Waals surface area contributed by atoms with Gasteiger partial charge in [0.05, 0.1) is 50.6 Å². The van der Waals surface area contributed by atoms with Crippen molar-refractivity contribution >= 4 is 23.6 Å². The number of carbonyl (C=O) groups excluding carboxylic acids is 2. The predicted molar refractivity (Wildman–Crippen MR) is 189 cm³/mol. The van der Waals surface area contributed by atoms with Gasteiger partial charge >= 0.3 is 12.2 Å². The second-order valence-corrected chi connectivity index (χ2v) is 15.4. The van der Waals surface area contributed by atoms with Gasteiger partial charge in [-0.1, -0.05) is 12.1 Å². The Morgan fingerprint density at radius 3 is 1.40 bits per heavy atom. The zero-order chi connectivity index (χ0) is 37.8. The lowest BCUT2D eigenvalue weighted by Gasteiger charge is -2.46. The molecule has 4 fully saturated rings. The van der Waals surface area contributed by atoms with Gasteiger partial charge in [-0.3, -0.25) is 9.80 Å². The van der Waals surface area contributed by atoms with Gasteiger partial charge in [-0.25, -0.2) is 28.1 Å². The van der Waals surface area contributed by atoms with E-state index in [1.807, 2.05) is 41.5 Å². The van der Waals surface area contributed by atoms with Gasteiger partial charge in [0.1, 0.15) is 22.8 Å². The lowest BCUT2D eigenvalue weighted by Crippen LogP contribution is -2.59. The first-order valence-corrected chi connectivity index (χ1v) is 17.5. The number of benzene rings is 2. The highest BCUT2D eigenvalue weighted by molar-refractivity contribution is 5.69. The van der Waals surface area contributed by atoms with Crippen molar-refractivity contribution in [2.45, 2.75) is 77.0 Å². The van der Waals surface area contributed by atoms with Crippen molar-refractivity contribution in [3.63, 3.8) is 0 Å². The van der Waals surface area contributed by atoms with Gasteiger partial charge in [0.15, 0.2) is 0 Å². The van der Waals surface area contributed by atoms with Gasteiger partial charge in [0.25, 0.3) is 0 Å². The van der Waals surface area contributed by atoms with Crippen LogP contribution in [0.15, 0.2) is 36.4 Å². The molecule has 0 aromatic heterocycles. The summed E-state index contributed by atoms with van der Waals surface area (Å²) in [6, 6.07) is 9.34. The minimum Gasteiger partial charge on any atom is -0.444 e. The minimum atomic E-state index is -0.511. The van der Waals surface area contributed by atoms with Crippen LogP contribution >= 0.6 is 0 Å². The van der Waals surface area contributed by atoms with Crippen LogP contribution in [0.2, 0.25) is 0 Å². The molecule has 52 heavy (non-hydrogen) atoms. The molecule has 0 aliphatic carbocycles. The van der Waals surface area contributed by atoms with Crippen molar-refractivity contribution in [3.8, 4) is 0 Å². The van der Waals surface area contributed by atoms with Crippen molar-refractivity contribution in [1.29, 1.82) is 0 Å². The van der Waals surface area contributed by atoms with Crippen LogP contribution in [0.3, 0.4) is 0 Å². The van der Waals surface area contributed by atoms with Crippen LogP contribution in [0.4, 0.5) is 29.7 Å². The highest BCUT2D eigenvalue weighted by atomic mass is 19.1. The fourth-order valence-corrected chi connectivity index (χ4v) is 6.59. The third-order valence-corrected chi connectivity index (χ3v) is 9.22. The average Bonchev–Trinajstić information content (AvgIpc) is 3.10. The average molecular weight is 723 g/mol. The number of ether oxygens (including phenoxy) is 4. The van der Waals surface area contributed by atoms with Crippen LogP contribution in [0.1, 0.15) is 64.9 Å². The Bertz CT molecular complexity index is 1570. The van der Waals surface area contributed by atoms with Crippen LogP contribution in [0, 0.1) is 24.8 Å². The summed E-state index contributed by atoms with van der Waals surface area (Å²) in [5.41, 5.74) is 0.638. The molecule has 2 amide bonds. The molecule has 2 aromatic rings. The van der Waals surface area contributed by atoms with E-state index >= 15 is 0 Å². The van der Waals surface area contributed by atoms with E-state index in [0.717, 1.165) is 24.2 Å². The van der Waals surface area contributed by atoms with Crippen molar-refractivity contribution in [3.05, 3.63) is 82.0 Å². The number of rotatable bonds is 2. The fourth-order valence-electron chi connectivity index (χ4n) is 6.59. The van der Waals surface area contributed by atoms with Crippen LogP contribution in [0.25, 0.3) is 9.69 Å². The molecular formula is C38H48F2N6O6. The first kappa shape index (κ1) is 38.9. The predicted octanol–water partition coefficient (Wildman–Crippen LogP) is 6.74. The minimum absolute atomic E-state index is 0.0166. The number of hydrogen-bond donors (Lipinski definition) is 0.